The largest absolute Gasteiger partial charge is 0.489 e. The molecule has 8 heteroatoms. The molecular weight excluding hydrogens is 433 g/mol. The van der Waals surface area contributed by atoms with Gasteiger partial charge in [0.1, 0.15) is 18.2 Å². The van der Waals surface area contributed by atoms with Crippen molar-refractivity contribution in [3.8, 4) is 5.75 Å². The van der Waals surface area contributed by atoms with E-state index in [-0.39, 0.29) is 17.2 Å². The molecule has 6 nitrogen and oxygen atoms in total. The summed E-state index contributed by atoms with van der Waals surface area (Å²) in [5.41, 5.74) is 5.51. The van der Waals surface area contributed by atoms with Gasteiger partial charge in [0.25, 0.3) is 0 Å². The summed E-state index contributed by atoms with van der Waals surface area (Å²) in [5.74, 6) is -1.71. The minimum absolute atomic E-state index is 0.0402. The van der Waals surface area contributed by atoms with Gasteiger partial charge in [-0.1, -0.05) is 47.5 Å². The van der Waals surface area contributed by atoms with E-state index in [0.29, 0.717) is 17.0 Å². The topological polar surface area (TPSA) is 79.8 Å². The third kappa shape index (κ3) is 6.15. The number of benzene rings is 3. The van der Waals surface area contributed by atoms with E-state index in [4.69, 9.17) is 16.3 Å². The Balaban J connectivity index is 1.56. The van der Waals surface area contributed by atoms with Crippen LogP contribution in [0.25, 0.3) is 0 Å². The number of hydrogen-bond donors (Lipinski definition) is 2. The number of aryl methyl sites for hydroxylation is 2. The maximum absolute atomic E-state index is 13.9. The van der Waals surface area contributed by atoms with Crippen molar-refractivity contribution < 1.29 is 18.7 Å². The van der Waals surface area contributed by atoms with E-state index in [1.807, 2.05) is 26.0 Å². The summed E-state index contributed by atoms with van der Waals surface area (Å²) in [6.07, 6.45) is 1.37. The highest BCUT2D eigenvalue weighted by molar-refractivity contribution is 6.39. The van der Waals surface area contributed by atoms with E-state index >= 15 is 0 Å². The summed E-state index contributed by atoms with van der Waals surface area (Å²) in [6.45, 7) is 3.74. The van der Waals surface area contributed by atoms with E-state index in [0.717, 1.165) is 11.1 Å². The Bertz CT molecular complexity index is 1160. The van der Waals surface area contributed by atoms with Crippen LogP contribution >= 0.6 is 11.6 Å². The summed E-state index contributed by atoms with van der Waals surface area (Å²) in [5, 5.41) is 6.64. The third-order valence-corrected chi connectivity index (χ3v) is 4.87. The Hall–Kier alpha value is -3.71. The van der Waals surface area contributed by atoms with Gasteiger partial charge in [0, 0.05) is 11.3 Å². The summed E-state index contributed by atoms with van der Waals surface area (Å²) in [6, 6.07) is 16.7. The van der Waals surface area contributed by atoms with Crippen LogP contribution in [-0.2, 0) is 16.2 Å². The molecule has 0 atom stereocenters. The predicted molar refractivity (Wildman–Crippen MR) is 122 cm³/mol. The molecule has 0 spiro atoms. The average molecular weight is 454 g/mol. The van der Waals surface area contributed by atoms with Crippen molar-refractivity contribution in [1.29, 1.82) is 0 Å². The molecule has 0 heterocycles. The highest BCUT2D eigenvalue weighted by Crippen LogP contribution is 2.22. The van der Waals surface area contributed by atoms with Gasteiger partial charge in [0.2, 0.25) is 0 Å². The third-order valence-electron chi connectivity index (χ3n) is 4.52. The molecule has 2 N–H and O–H groups in total. The molecule has 3 aromatic carbocycles. The van der Waals surface area contributed by atoms with Crippen LogP contribution in [0, 0.1) is 19.7 Å². The zero-order chi connectivity index (χ0) is 23.1. The van der Waals surface area contributed by atoms with E-state index < -0.39 is 17.6 Å². The van der Waals surface area contributed by atoms with Gasteiger partial charge in [-0.05, 0) is 55.3 Å². The summed E-state index contributed by atoms with van der Waals surface area (Å²) >= 11 is 6.00. The highest BCUT2D eigenvalue weighted by Gasteiger charge is 2.14. The Morgan fingerprint density at radius 2 is 1.84 bits per heavy atom. The van der Waals surface area contributed by atoms with Crippen molar-refractivity contribution in [1.82, 2.24) is 5.43 Å². The zero-order valence-electron chi connectivity index (χ0n) is 17.5. The minimum atomic E-state index is -0.900. The van der Waals surface area contributed by atoms with Crippen molar-refractivity contribution in [2.45, 2.75) is 20.5 Å². The number of ether oxygens (including phenoxy) is 1. The number of halogens is 2. The lowest BCUT2D eigenvalue weighted by Crippen LogP contribution is -2.32. The van der Waals surface area contributed by atoms with Gasteiger partial charge in [-0.3, -0.25) is 9.59 Å². The Morgan fingerprint density at radius 1 is 1.06 bits per heavy atom. The number of hydrazone groups is 1. The molecule has 3 aromatic rings. The first-order valence-electron chi connectivity index (χ1n) is 9.71. The molecule has 2 amide bonds. The molecule has 0 unspecified atom stereocenters. The lowest BCUT2D eigenvalue weighted by atomic mass is 10.1. The average Bonchev–Trinajstić information content (AvgIpc) is 2.75. The summed E-state index contributed by atoms with van der Waals surface area (Å²) in [4.78, 5) is 24.1. The summed E-state index contributed by atoms with van der Waals surface area (Å²) in [7, 11) is 0. The Morgan fingerprint density at radius 3 is 2.59 bits per heavy atom. The maximum atomic E-state index is 13.9. The molecule has 0 fully saturated rings. The van der Waals surface area contributed by atoms with Crippen LogP contribution in [0.5, 0.6) is 5.75 Å². The predicted octanol–water partition coefficient (Wildman–Crippen LogP) is 4.76. The molecule has 164 valence electrons. The van der Waals surface area contributed by atoms with Crippen LogP contribution in [0.2, 0.25) is 5.02 Å². The van der Waals surface area contributed by atoms with Crippen LogP contribution in [0.4, 0.5) is 10.1 Å². The van der Waals surface area contributed by atoms with Crippen LogP contribution in [0.1, 0.15) is 22.3 Å². The van der Waals surface area contributed by atoms with Gasteiger partial charge in [-0.25, -0.2) is 9.82 Å². The zero-order valence-corrected chi connectivity index (χ0v) is 18.2. The molecule has 0 saturated carbocycles. The van der Waals surface area contributed by atoms with Crippen molar-refractivity contribution in [3.63, 3.8) is 0 Å². The first kappa shape index (κ1) is 23.0. The van der Waals surface area contributed by atoms with Crippen LogP contribution in [0.3, 0.4) is 0 Å². The number of rotatable bonds is 6. The number of carbonyl (C=O) groups is 2. The molecule has 3 rings (SSSR count). The number of amides is 2. The first-order chi connectivity index (χ1) is 15.3. The quantitative estimate of drug-likeness (QED) is 0.321. The molecule has 0 aliphatic rings. The van der Waals surface area contributed by atoms with E-state index in [1.54, 1.807) is 36.4 Å². The minimum Gasteiger partial charge on any atom is -0.489 e. The van der Waals surface area contributed by atoms with Crippen LogP contribution < -0.4 is 15.5 Å². The van der Waals surface area contributed by atoms with Gasteiger partial charge in [-0.2, -0.15) is 5.10 Å². The number of hydrogen-bond acceptors (Lipinski definition) is 4. The molecular formula is C24H21ClFN3O3. The molecule has 0 aliphatic heterocycles. The second-order valence-corrected chi connectivity index (χ2v) is 7.44. The monoisotopic (exact) mass is 453 g/mol. The fraction of sp³-hybridized carbons (Fsp3) is 0.125. The van der Waals surface area contributed by atoms with Crippen LogP contribution in [0.15, 0.2) is 65.8 Å². The SMILES string of the molecule is Cc1ccc(NC(=O)C(=O)N/N=C/c2cccc(OCc3c(F)cccc3Cl)c2)c(C)c1. The molecule has 0 aliphatic carbocycles. The fourth-order valence-electron chi connectivity index (χ4n) is 2.86. The highest BCUT2D eigenvalue weighted by atomic mass is 35.5. The molecule has 0 saturated heterocycles. The first-order valence-corrected chi connectivity index (χ1v) is 10.1. The molecule has 0 radical (unpaired) electrons. The normalized spacial score (nSPS) is 10.8. The van der Waals surface area contributed by atoms with Gasteiger partial charge < -0.3 is 10.1 Å². The fourth-order valence-corrected chi connectivity index (χ4v) is 3.08. The summed E-state index contributed by atoms with van der Waals surface area (Å²) < 4.78 is 19.5. The number of anilines is 1. The van der Waals surface area contributed by atoms with Crippen molar-refractivity contribution in [2.75, 3.05) is 5.32 Å². The van der Waals surface area contributed by atoms with Gasteiger partial charge in [0.15, 0.2) is 0 Å². The van der Waals surface area contributed by atoms with E-state index in [1.165, 1.54) is 18.3 Å². The van der Waals surface area contributed by atoms with Crippen molar-refractivity contribution >= 4 is 35.3 Å². The second-order valence-electron chi connectivity index (χ2n) is 7.03. The van der Waals surface area contributed by atoms with Crippen molar-refractivity contribution in [2.24, 2.45) is 5.10 Å². The molecule has 0 aromatic heterocycles. The maximum Gasteiger partial charge on any atom is 0.329 e. The van der Waals surface area contributed by atoms with Crippen molar-refractivity contribution in [3.05, 3.63) is 93.8 Å². The second kappa shape index (κ2) is 10.5. The Kier molecular flexibility index (Phi) is 7.57. The number of nitrogens with one attached hydrogen (secondary N) is 2. The van der Waals surface area contributed by atoms with Gasteiger partial charge >= 0.3 is 11.8 Å². The van der Waals surface area contributed by atoms with E-state index in [9.17, 15) is 14.0 Å². The number of nitrogens with zero attached hydrogens (tertiary/aromatic N) is 1. The standard InChI is InChI=1S/C24H21ClFN3O3/c1-15-9-10-22(16(2)11-15)28-23(30)24(31)29-27-13-17-5-3-6-18(12-17)32-14-19-20(25)7-4-8-21(19)26/h3-13H,14H2,1-2H3,(H,28,30)(H,29,31)/b27-13+. The van der Waals surface area contributed by atoms with Gasteiger partial charge in [0.05, 0.1) is 11.2 Å². The van der Waals surface area contributed by atoms with Gasteiger partial charge in [-0.15, -0.1) is 0 Å². The molecule has 0 bridgehead atoms. The number of carbonyl (C=O) groups excluding carboxylic acids is 2. The lowest BCUT2D eigenvalue weighted by Gasteiger charge is -2.09. The Labute approximate surface area is 190 Å². The van der Waals surface area contributed by atoms with Crippen LogP contribution in [-0.4, -0.2) is 18.0 Å². The molecule has 32 heavy (non-hydrogen) atoms. The van der Waals surface area contributed by atoms with E-state index in [2.05, 4.69) is 15.8 Å². The smallest absolute Gasteiger partial charge is 0.329 e. The lowest BCUT2D eigenvalue weighted by molar-refractivity contribution is -0.136.